The van der Waals surface area contributed by atoms with Crippen LogP contribution >= 0.6 is 0 Å². The summed E-state index contributed by atoms with van der Waals surface area (Å²) in [6.45, 7) is -0.852. The molecule has 0 fully saturated rings. The van der Waals surface area contributed by atoms with Crippen molar-refractivity contribution in [3.8, 4) is 0 Å². The van der Waals surface area contributed by atoms with Crippen LogP contribution in [0.15, 0.2) is 0 Å². The minimum Gasteiger partial charge on any atom is -0.394 e. The molecule has 3 N–H and O–H groups in total. The van der Waals surface area contributed by atoms with Gasteiger partial charge in [-0.3, -0.25) is 4.79 Å². The molecule has 0 rings (SSSR count). The summed E-state index contributed by atoms with van der Waals surface area (Å²) in [5.74, 6) is -0.491. The van der Waals surface area contributed by atoms with E-state index in [1.165, 1.54) is 14.2 Å². The van der Waals surface area contributed by atoms with E-state index in [-0.39, 0.29) is 6.61 Å². The van der Waals surface area contributed by atoms with E-state index in [4.69, 9.17) is 14.9 Å². The van der Waals surface area contributed by atoms with E-state index in [1.807, 2.05) is 0 Å². The maximum absolute atomic E-state index is 11.2. The van der Waals surface area contributed by atoms with Crippen LogP contribution < -0.4 is 0 Å². The normalized spacial score (nSPS) is 17.5. The van der Waals surface area contributed by atoms with Gasteiger partial charge < -0.3 is 24.8 Å². The van der Waals surface area contributed by atoms with E-state index in [1.54, 1.807) is 0 Å². The van der Waals surface area contributed by atoms with Gasteiger partial charge in [-0.05, 0) is 0 Å². The Morgan fingerprint density at radius 1 is 1.36 bits per heavy atom. The zero-order valence-electron chi connectivity index (χ0n) is 8.21. The minimum atomic E-state index is -1.45. The van der Waals surface area contributed by atoms with Gasteiger partial charge in [0.1, 0.15) is 24.9 Å². The van der Waals surface area contributed by atoms with E-state index >= 15 is 0 Å². The van der Waals surface area contributed by atoms with Gasteiger partial charge in [0.15, 0.2) is 5.78 Å². The molecule has 0 radical (unpaired) electrons. The fourth-order valence-corrected chi connectivity index (χ4v) is 0.995. The summed E-state index contributed by atoms with van der Waals surface area (Å²) >= 11 is 0. The Hall–Kier alpha value is -0.530. The van der Waals surface area contributed by atoms with Gasteiger partial charge in [-0.1, -0.05) is 0 Å². The highest BCUT2D eigenvalue weighted by Crippen LogP contribution is 2.05. The quantitative estimate of drug-likeness (QED) is 0.445. The summed E-state index contributed by atoms with van der Waals surface area (Å²) in [4.78, 5) is 11.2. The fourth-order valence-electron chi connectivity index (χ4n) is 0.995. The van der Waals surface area contributed by atoms with Crippen molar-refractivity contribution < 1.29 is 29.6 Å². The average Bonchev–Trinajstić information content (AvgIpc) is 2.18. The SMILES string of the molecule is COCC(=O)[C@H](OC)[C@@H](O)[C@H](O)CO. The summed E-state index contributed by atoms with van der Waals surface area (Å²) in [7, 11) is 2.56. The van der Waals surface area contributed by atoms with Crippen LogP contribution in [0.25, 0.3) is 0 Å². The van der Waals surface area contributed by atoms with Crippen LogP contribution in [-0.2, 0) is 14.3 Å². The van der Waals surface area contributed by atoms with Crippen LogP contribution in [-0.4, -0.2) is 66.8 Å². The van der Waals surface area contributed by atoms with Crippen molar-refractivity contribution in [1.82, 2.24) is 0 Å². The predicted octanol–water partition coefficient (Wildman–Crippen LogP) is -2.07. The first-order valence-corrected chi connectivity index (χ1v) is 4.09. The van der Waals surface area contributed by atoms with E-state index < -0.39 is 30.7 Å². The van der Waals surface area contributed by atoms with Gasteiger partial charge in [0, 0.05) is 14.2 Å². The molecule has 0 aromatic rings. The van der Waals surface area contributed by atoms with Crippen molar-refractivity contribution in [2.45, 2.75) is 18.3 Å². The lowest BCUT2D eigenvalue weighted by molar-refractivity contribution is -0.147. The number of ether oxygens (including phenoxy) is 2. The summed E-state index contributed by atoms with van der Waals surface area (Å²) in [6, 6.07) is 0. The van der Waals surface area contributed by atoms with Crippen LogP contribution in [0.1, 0.15) is 0 Å². The van der Waals surface area contributed by atoms with Gasteiger partial charge in [-0.2, -0.15) is 0 Å². The molecule has 6 nitrogen and oxygen atoms in total. The van der Waals surface area contributed by atoms with Crippen molar-refractivity contribution in [2.75, 3.05) is 27.4 Å². The predicted molar refractivity (Wildman–Crippen MR) is 46.8 cm³/mol. The Kier molecular flexibility index (Phi) is 6.60. The van der Waals surface area contributed by atoms with Crippen LogP contribution in [0.4, 0.5) is 0 Å². The molecule has 0 unspecified atom stereocenters. The van der Waals surface area contributed by atoms with E-state index in [0.717, 1.165) is 0 Å². The molecule has 3 atom stereocenters. The Bertz CT molecular complexity index is 171. The molecule has 14 heavy (non-hydrogen) atoms. The molecule has 0 heterocycles. The third-order valence-electron chi connectivity index (χ3n) is 1.75. The second-order valence-corrected chi connectivity index (χ2v) is 2.80. The number of Topliss-reactive ketones (excluding diaryl/α,β-unsaturated/α-hetero) is 1. The number of aliphatic hydroxyl groups is 3. The maximum Gasteiger partial charge on any atom is 0.189 e. The first kappa shape index (κ1) is 13.5. The summed E-state index contributed by atoms with van der Waals surface area (Å²) in [5.41, 5.74) is 0. The van der Waals surface area contributed by atoms with Gasteiger partial charge in [0.05, 0.1) is 6.61 Å². The lowest BCUT2D eigenvalue weighted by Gasteiger charge is -2.23. The summed E-state index contributed by atoms with van der Waals surface area (Å²) in [6.07, 6.45) is -4.04. The van der Waals surface area contributed by atoms with Gasteiger partial charge in [-0.25, -0.2) is 0 Å². The van der Waals surface area contributed by atoms with Gasteiger partial charge >= 0.3 is 0 Å². The number of hydrogen-bond donors (Lipinski definition) is 3. The molecular formula is C8H16O6. The monoisotopic (exact) mass is 208 g/mol. The van der Waals surface area contributed by atoms with Crippen LogP contribution in [0, 0.1) is 0 Å². The Morgan fingerprint density at radius 3 is 2.29 bits per heavy atom. The molecule has 0 saturated carbocycles. The third kappa shape index (κ3) is 3.69. The molecule has 0 spiro atoms. The Morgan fingerprint density at radius 2 is 1.93 bits per heavy atom. The third-order valence-corrected chi connectivity index (χ3v) is 1.75. The highest BCUT2D eigenvalue weighted by Gasteiger charge is 2.31. The minimum absolute atomic E-state index is 0.215. The molecule has 0 aromatic heterocycles. The number of ketones is 1. The van der Waals surface area contributed by atoms with Crippen molar-refractivity contribution >= 4 is 5.78 Å². The van der Waals surface area contributed by atoms with Crippen LogP contribution in [0.3, 0.4) is 0 Å². The number of methoxy groups -OCH3 is 2. The smallest absolute Gasteiger partial charge is 0.189 e. The molecule has 0 aliphatic rings. The average molecular weight is 208 g/mol. The largest absolute Gasteiger partial charge is 0.394 e. The van der Waals surface area contributed by atoms with E-state index in [9.17, 15) is 9.90 Å². The Balaban J connectivity index is 4.31. The lowest BCUT2D eigenvalue weighted by Crippen LogP contribution is -2.46. The maximum atomic E-state index is 11.2. The second-order valence-electron chi connectivity index (χ2n) is 2.80. The van der Waals surface area contributed by atoms with Gasteiger partial charge in [0.25, 0.3) is 0 Å². The van der Waals surface area contributed by atoms with Crippen molar-refractivity contribution in [1.29, 1.82) is 0 Å². The second kappa shape index (κ2) is 6.86. The van der Waals surface area contributed by atoms with E-state index in [0.29, 0.717) is 0 Å². The van der Waals surface area contributed by atoms with Crippen molar-refractivity contribution in [3.63, 3.8) is 0 Å². The zero-order valence-corrected chi connectivity index (χ0v) is 8.21. The van der Waals surface area contributed by atoms with E-state index in [2.05, 4.69) is 4.74 Å². The number of rotatable bonds is 7. The Labute approximate surface area is 82.1 Å². The molecule has 0 aromatic carbocycles. The fraction of sp³-hybridized carbons (Fsp3) is 0.875. The van der Waals surface area contributed by atoms with Crippen LogP contribution in [0.5, 0.6) is 0 Å². The van der Waals surface area contributed by atoms with Crippen molar-refractivity contribution in [2.24, 2.45) is 0 Å². The van der Waals surface area contributed by atoms with Crippen molar-refractivity contribution in [3.05, 3.63) is 0 Å². The summed E-state index contributed by atoms with van der Waals surface area (Å²) < 4.78 is 9.26. The molecule has 0 saturated heterocycles. The molecule has 6 heteroatoms. The lowest BCUT2D eigenvalue weighted by atomic mass is 10.1. The van der Waals surface area contributed by atoms with Gasteiger partial charge in [0.2, 0.25) is 0 Å². The molecule has 84 valence electrons. The number of carbonyl (C=O) groups is 1. The number of carbonyl (C=O) groups excluding carboxylic acids is 1. The highest BCUT2D eigenvalue weighted by molar-refractivity contribution is 5.84. The topological polar surface area (TPSA) is 96.2 Å². The first-order chi connectivity index (χ1) is 6.58. The standard InChI is InChI=1S/C8H16O6/c1-13-4-6(11)8(14-2)7(12)5(10)3-9/h5,7-10,12H,3-4H2,1-2H3/t5-,7+,8+/m1/s1. The van der Waals surface area contributed by atoms with Gasteiger partial charge in [-0.15, -0.1) is 0 Å². The summed E-state index contributed by atoms with van der Waals surface area (Å²) in [5, 5.41) is 27.0. The first-order valence-electron chi connectivity index (χ1n) is 4.09. The number of hydrogen-bond acceptors (Lipinski definition) is 6. The zero-order chi connectivity index (χ0) is 11.1. The highest BCUT2D eigenvalue weighted by atomic mass is 16.5. The molecular weight excluding hydrogens is 192 g/mol. The molecule has 0 aliphatic carbocycles. The molecule has 0 amide bonds. The molecule has 0 bridgehead atoms. The number of aliphatic hydroxyl groups excluding tert-OH is 3. The van der Waals surface area contributed by atoms with Crippen LogP contribution in [0.2, 0.25) is 0 Å². The molecule has 0 aliphatic heterocycles.